The number of aromatic carboxylic acids is 1. The van der Waals surface area contributed by atoms with E-state index < -0.39 is 5.97 Å². The molecule has 1 heterocycles. The average Bonchev–Trinajstić information content (AvgIpc) is 2.88. The van der Waals surface area contributed by atoms with E-state index in [1.165, 1.54) is 0 Å². The number of H-pyrrole nitrogens is 1. The highest BCUT2D eigenvalue weighted by atomic mass is 16.4. The standard InChI is InChI=1S/C13H15N3O2/c17-13(18)11-3-1-10(2-4-11)9-14-6-5-12-15-7-8-16-12/h1-4,7-8,14H,5-6,9H2,(H,15,16)(H,17,18). The SMILES string of the molecule is O=C(O)c1ccc(CNCCc2ncc[nH]2)cc1. The molecule has 0 bridgehead atoms. The number of aromatic nitrogens is 2. The molecule has 1 aromatic heterocycles. The lowest BCUT2D eigenvalue weighted by Crippen LogP contribution is -2.17. The van der Waals surface area contributed by atoms with Crippen molar-refractivity contribution < 1.29 is 9.90 Å². The van der Waals surface area contributed by atoms with Gasteiger partial charge in [0.25, 0.3) is 0 Å². The van der Waals surface area contributed by atoms with Crippen LogP contribution in [0.4, 0.5) is 0 Å². The highest BCUT2D eigenvalue weighted by Crippen LogP contribution is 2.04. The molecule has 0 amide bonds. The van der Waals surface area contributed by atoms with Gasteiger partial charge in [0.2, 0.25) is 0 Å². The van der Waals surface area contributed by atoms with Gasteiger partial charge in [0.15, 0.2) is 0 Å². The molecule has 0 radical (unpaired) electrons. The van der Waals surface area contributed by atoms with Crippen molar-refractivity contribution in [1.29, 1.82) is 0 Å². The number of nitrogens with one attached hydrogen (secondary N) is 2. The Balaban J connectivity index is 1.75. The van der Waals surface area contributed by atoms with Crippen LogP contribution in [-0.4, -0.2) is 27.6 Å². The quantitative estimate of drug-likeness (QED) is 0.673. The van der Waals surface area contributed by atoms with Gasteiger partial charge in [0.1, 0.15) is 5.82 Å². The van der Waals surface area contributed by atoms with Gasteiger partial charge in [0.05, 0.1) is 5.56 Å². The molecule has 18 heavy (non-hydrogen) atoms. The van der Waals surface area contributed by atoms with Crippen LogP contribution in [0.3, 0.4) is 0 Å². The van der Waals surface area contributed by atoms with Gasteiger partial charge < -0.3 is 15.4 Å². The summed E-state index contributed by atoms with van der Waals surface area (Å²) in [5, 5.41) is 12.1. The van der Waals surface area contributed by atoms with Crippen LogP contribution >= 0.6 is 0 Å². The van der Waals surface area contributed by atoms with Crippen LogP contribution in [0, 0.1) is 0 Å². The van der Waals surface area contributed by atoms with Gasteiger partial charge in [-0.1, -0.05) is 12.1 Å². The maximum Gasteiger partial charge on any atom is 0.335 e. The molecule has 94 valence electrons. The highest BCUT2D eigenvalue weighted by Gasteiger charge is 2.01. The summed E-state index contributed by atoms with van der Waals surface area (Å²) in [7, 11) is 0. The Bertz CT molecular complexity index is 491. The van der Waals surface area contributed by atoms with Gasteiger partial charge in [-0.05, 0) is 17.7 Å². The molecule has 3 N–H and O–H groups in total. The molecule has 0 fully saturated rings. The molecule has 0 saturated heterocycles. The Morgan fingerprint density at radius 1 is 1.33 bits per heavy atom. The van der Waals surface area contributed by atoms with Crippen molar-refractivity contribution >= 4 is 5.97 Å². The second kappa shape index (κ2) is 5.97. The number of nitrogens with zero attached hydrogens (tertiary/aromatic N) is 1. The Kier molecular flexibility index (Phi) is 4.09. The summed E-state index contributed by atoms with van der Waals surface area (Å²) in [5.41, 5.74) is 1.38. The molecular weight excluding hydrogens is 230 g/mol. The van der Waals surface area contributed by atoms with E-state index in [1.54, 1.807) is 24.5 Å². The van der Waals surface area contributed by atoms with Gasteiger partial charge in [-0.3, -0.25) is 0 Å². The second-order valence-electron chi connectivity index (χ2n) is 3.96. The van der Waals surface area contributed by atoms with Crippen LogP contribution in [0.2, 0.25) is 0 Å². The Morgan fingerprint density at radius 2 is 2.11 bits per heavy atom. The van der Waals surface area contributed by atoms with E-state index in [0.717, 1.165) is 30.9 Å². The predicted molar refractivity (Wildman–Crippen MR) is 67.4 cm³/mol. The normalized spacial score (nSPS) is 10.4. The first kappa shape index (κ1) is 12.3. The number of rotatable bonds is 6. The number of hydrogen-bond donors (Lipinski definition) is 3. The van der Waals surface area contributed by atoms with E-state index >= 15 is 0 Å². The minimum Gasteiger partial charge on any atom is -0.478 e. The Morgan fingerprint density at radius 3 is 2.72 bits per heavy atom. The maximum absolute atomic E-state index is 10.7. The second-order valence-corrected chi connectivity index (χ2v) is 3.96. The number of benzene rings is 1. The summed E-state index contributed by atoms with van der Waals surface area (Å²) in [4.78, 5) is 17.8. The largest absolute Gasteiger partial charge is 0.478 e. The molecule has 0 aliphatic rings. The van der Waals surface area contributed by atoms with Gasteiger partial charge >= 0.3 is 5.97 Å². The summed E-state index contributed by atoms with van der Waals surface area (Å²) >= 11 is 0. The van der Waals surface area contributed by atoms with E-state index in [4.69, 9.17) is 5.11 Å². The lowest BCUT2D eigenvalue weighted by molar-refractivity contribution is 0.0697. The molecule has 5 nitrogen and oxygen atoms in total. The van der Waals surface area contributed by atoms with Gasteiger partial charge in [-0.15, -0.1) is 0 Å². The van der Waals surface area contributed by atoms with Crippen molar-refractivity contribution in [3.63, 3.8) is 0 Å². The first-order valence-electron chi connectivity index (χ1n) is 5.77. The first-order chi connectivity index (χ1) is 8.75. The smallest absolute Gasteiger partial charge is 0.335 e. The molecule has 0 saturated carbocycles. The lowest BCUT2D eigenvalue weighted by atomic mass is 10.1. The highest BCUT2D eigenvalue weighted by molar-refractivity contribution is 5.87. The van der Waals surface area contributed by atoms with Crippen LogP contribution < -0.4 is 5.32 Å². The van der Waals surface area contributed by atoms with Crippen molar-refractivity contribution in [2.24, 2.45) is 0 Å². The number of imidazole rings is 1. The molecule has 0 aliphatic heterocycles. The van der Waals surface area contributed by atoms with Crippen LogP contribution in [0.15, 0.2) is 36.7 Å². The van der Waals surface area contributed by atoms with E-state index in [1.807, 2.05) is 12.1 Å². The molecule has 0 atom stereocenters. The monoisotopic (exact) mass is 245 g/mol. The zero-order valence-electron chi connectivity index (χ0n) is 9.89. The minimum absolute atomic E-state index is 0.314. The van der Waals surface area contributed by atoms with E-state index in [9.17, 15) is 4.79 Å². The van der Waals surface area contributed by atoms with E-state index in [0.29, 0.717) is 5.56 Å². The summed E-state index contributed by atoms with van der Waals surface area (Å²) in [5.74, 6) is 0.0658. The number of carboxylic acid groups (broad SMARTS) is 1. The van der Waals surface area contributed by atoms with Gasteiger partial charge in [0, 0.05) is 31.9 Å². The zero-order chi connectivity index (χ0) is 12.8. The summed E-state index contributed by atoms with van der Waals surface area (Å²) < 4.78 is 0. The van der Waals surface area contributed by atoms with E-state index in [-0.39, 0.29) is 0 Å². The van der Waals surface area contributed by atoms with Crippen LogP contribution in [0.25, 0.3) is 0 Å². The molecule has 0 unspecified atom stereocenters. The maximum atomic E-state index is 10.7. The van der Waals surface area contributed by atoms with Crippen molar-refractivity contribution in [3.05, 3.63) is 53.6 Å². The number of carbonyl (C=O) groups is 1. The van der Waals surface area contributed by atoms with Gasteiger partial charge in [-0.2, -0.15) is 0 Å². The zero-order valence-corrected chi connectivity index (χ0v) is 9.89. The fraction of sp³-hybridized carbons (Fsp3) is 0.231. The number of hydrogen-bond acceptors (Lipinski definition) is 3. The lowest BCUT2D eigenvalue weighted by Gasteiger charge is -2.04. The van der Waals surface area contributed by atoms with Crippen LogP contribution in [0.1, 0.15) is 21.7 Å². The number of carboxylic acids is 1. The molecule has 2 rings (SSSR count). The summed E-state index contributed by atoms with van der Waals surface area (Å²) in [6, 6.07) is 6.88. The third kappa shape index (κ3) is 3.43. The topological polar surface area (TPSA) is 78.0 Å². The summed E-state index contributed by atoms with van der Waals surface area (Å²) in [6.45, 7) is 1.55. The molecule has 2 aromatic rings. The van der Waals surface area contributed by atoms with Crippen molar-refractivity contribution in [3.8, 4) is 0 Å². The summed E-state index contributed by atoms with van der Waals surface area (Å²) in [6.07, 6.45) is 4.39. The first-order valence-corrected chi connectivity index (χ1v) is 5.77. The predicted octanol–water partition coefficient (Wildman–Crippen LogP) is 1.44. The Hall–Kier alpha value is -2.14. The molecule has 0 aliphatic carbocycles. The molecule has 0 spiro atoms. The van der Waals surface area contributed by atoms with Crippen LogP contribution in [0.5, 0.6) is 0 Å². The third-order valence-electron chi connectivity index (χ3n) is 2.62. The Labute approximate surface area is 105 Å². The fourth-order valence-corrected chi connectivity index (χ4v) is 1.64. The number of aromatic amines is 1. The van der Waals surface area contributed by atoms with Gasteiger partial charge in [-0.25, -0.2) is 9.78 Å². The van der Waals surface area contributed by atoms with Crippen molar-refractivity contribution in [2.45, 2.75) is 13.0 Å². The molecular formula is C13H15N3O2. The van der Waals surface area contributed by atoms with E-state index in [2.05, 4.69) is 15.3 Å². The third-order valence-corrected chi connectivity index (χ3v) is 2.62. The minimum atomic E-state index is -0.896. The fourth-order valence-electron chi connectivity index (χ4n) is 1.64. The molecule has 5 heteroatoms. The average molecular weight is 245 g/mol. The van der Waals surface area contributed by atoms with Crippen LogP contribution in [-0.2, 0) is 13.0 Å². The molecule has 1 aromatic carbocycles. The van der Waals surface area contributed by atoms with Crippen molar-refractivity contribution in [1.82, 2.24) is 15.3 Å². The van der Waals surface area contributed by atoms with Crippen molar-refractivity contribution in [2.75, 3.05) is 6.54 Å².